The van der Waals surface area contributed by atoms with Gasteiger partial charge in [0.2, 0.25) is 0 Å². The van der Waals surface area contributed by atoms with Crippen LogP contribution < -0.4 is 9.64 Å². The summed E-state index contributed by atoms with van der Waals surface area (Å²) < 4.78 is 70.9. The second-order valence-corrected chi connectivity index (χ2v) is 12.1. The average molecular weight is 604 g/mol. The number of carboxylic acids is 1. The quantitative estimate of drug-likeness (QED) is 0.214. The summed E-state index contributed by atoms with van der Waals surface area (Å²) in [6.45, 7) is 2.23. The molecular formula is C29H25F4N3O5S. The van der Waals surface area contributed by atoms with E-state index in [0.29, 0.717) is 34.1 Å². The van der Waals surface area contributed by atoms with Crippen LogP contribution in [0.25, 0.3) is 21.5 Å². The van der Waals surface area contributed by atoms with Crippen molar-refractivity contribution >= 4 is 32.7 Å². The van der Waals surface area contributed by atoms with E-state index in [0.717, 1.165) is 19.3 Å². The molecule has 0 radical (unpaired) electrons. The fraction of sp³-hybridized carbons (Fsp3) is 0.414. The number of alkyl halides is 3. The molecule has 0 unspecified atom stereocenters. The Morgan fingerprint density at radius 2 is 2.02 bits per heavy atom. The van der Waals surface area contributed by atoms with Crippen LogP contribution in [0.15, 0.2) is 34.9 Å². The summed E-state index contributed by atoms with van der Waals surface area (Å²) in [5, 5.41) is 14.2. The number of rotatable bonds is 8. The molecule has 4 aromatic rings. The summed E-state index contributed by atoms with van der Waals surface area (Å²) in [5.74, 6) is -1.16. The Labute approximate surface area is 240 Å². The van der Waals surface area contributed by atoms with Crippen molar-refractivity contribution in [3.8, 4) is 17.0 Å². The standard InChI is InChI=1S/C29H25F4N3O5S/c1-13-18(27(37)38)10-22-25(23(13)30)34-28(42-22)36-11-15-8-16(36)9-21(15)39-12-19-24(35-41-26(19)14-6-7-14)17-4-2-3-5-20(17)40-29(31,32)33/h2-5,10,14-16,21H,6-9,11-12H2,1H3,(H,37,38)/t15-,16-,21+/m0/s1. The number of carboxylic acid groups (broad SMARTS) is 1. The molecule has 2 aliphatic carbocycles. The lowest BCUT2D eigenvalue weighted by Gasteiger charge is -2.31. The van der Waals surface area contributed by atoms with E-state index < -0.39 is 18.1 Å². The average Bonchev–Trinajstić information content (AvgIpc) is 3.27. The highest BCUT2D eigenvalue weighted by molar-refractivity contribution is 7.22. The van der Waals surface area contributed by atoms with Crippen LogP contribution in [-0.2, 0) is 11.3 Å². The minimum absolute atomic E-state index is 0.0644. The highest BCUT2D eigenvalue weighted by Gasteiger charge is 2.47. The van der Waals surface area contributed by atoms with E-state index in [9.17, 15) is 27.5 Å². The van der Waals surface area contributed by atoms with Gasteiger partial charge in [-0.2, -0.15) is 0 Å². The first-order chi connectivity index (χ1) is 20.1. The molecule has 42 heavy (non-hydrogen) atoms. The molecule has 3 atom stereocenters. The molecule has 3 heterocycles. The second-order valence-electron chi connectivity index (χ2n) is 11.1. The van der Waals surface area contributed by atoms with Crippen molar-refractivity contribution in [3.63, 3.8) is 0 Å². The highest BCUT2D eigenvalue weighted by atomic mass is 32.1. The number of hydrogen-bond donors (Lipinski definition) is 1. The summed E-state index contributed by atoms with van der Waals surface area (Å²) in [7, 11) is 0. The number of aromatic nitrogens is 2. The van der Waals surface area contributed by atoms with Crippen LogP contribution in [0.2, 0.25) is 0 Å². The van der Waals surface area contributed by atoms with E-state index in [-0.39, 0.29) is 64.2 Å². The molecule has 1 N–H and O–H groups in total. The molecule has 2 saturated carbocycles. The van der Waals surface area contributed by atoms with E-state index in [1.807, 2.05) is 0 Å². The first-order valence-corrected chi connectivity index (χ1v) is 14.4. The molecule has 3 aliphatic rings. The zero-order chi connectivity index (χ0) is 29.3. The Morgan fingerprint density at radius 3 is 2.71 bits per heavy atom. The molecule has 0 spiro atoms. The van der Waals surface area contributed by atoms with Gasteiger partial charge in [-0.25, -0.2) is 14.2 Å². The number of halogens is 4. The van der Waals surface area contributed by atoms with Crippen LogP contribution in [0.5, 0.6) is 5.75 Å². The number of carbonyl (C=O) groups is 1. The van der Waals surface area contributed by atoms with Crippen molar-refractivity contribution in [2.45, 2.75) is 63.6 Å². The maximum absolute atomic E-state index is 14.9. The molecule has 0 amide bonds. The molecule has 1 aliphatic heterocycles. The molecule has 8 nitrogen and oxygen atoms in total. The second kappa shape index (κ2) is 9.94. The summed E-state index contributed by atoms with van der Waals surface area (Å²) >= 11 is 1.28. The zero-order valence-electron chi connectivity index (χ0n) is 22.3. The van der Waals surface area contributed by atoms with Gasteiger partial charge in [-0.1, -0.05) is 28.6 Å². The summed E-state index contributed by atoms with van der Waals surface area (Å²) in [6, 6.07) is 7.46. The number of benzene rings is 2. The Kier molecular flexibility index (Phi) is 6.42. The van der Waals surface area contributed by atoms with E-state index in [1.54, 1.807) is 6.07 Å². The topological polar surface area (TPSA) is 97.9 Å². The van der Waals surface area contributed by atoms with Crippen LogP contribution in [0.4, 0.5) is 22.7 Å². The molecule has 3 fully saturated rings. The third-order valence-corrected chi connectivity index (χ3v) is 9.43. The van der Waals surface area contributed by atoms with Crippen molar-refractivity contribution in [1.29, 1.82) is 0 Å². The lowest BCUT2D eigenvalue weighted by atomic mass is 10.0. The Balaban J connectivity index is 1.09. The normalized spacial score (nSPS) is 21.9. The highest BCUT2D eigenvalue weighted by Crippen LogP contribution is 2.48. The number of anilines is 1. The SMILES string of the molecule is Cc1c(C(=O)O)cc2sc(N3C[C@@H]4C[C@H]3C[C@H]4OCc3c(-c4ccccc4OC(F)(F)F)noc3C3CC3)nc2c1F. The Bertz CT molecular complexity index is 1700. The van der Waals surface area contributed by atoms with Gasteiger partial charge in [-0.15, -0.1) is 13.2 Å². The molecule has 1 saturated heterocycles. The predicted molar refractivity (Wildman–Crippen MR) is 144 cm³/mol. The summed E-state index contributed by atoms with van der Waals surface area (Å²) in [5.41, 5.74) is 1.28. The van der Waals surface area contributed by atoms with Crippen molar-refractivity contribution in [3.05, 3.63) is 58.6 Å². The molecule has 2 aromatic carbocycles. The van der Waals surface area contributed by atoms with Crippen molar-refractivity contribution in [2.24, 2.45) is 5.92 Å². The lowest BCUT2D eigenvalue weighted by Crippen LogP contribution is -2.38. The molecule has 13 heteroatoms. The van der Waals surface area contributed by atoms with Crippen LogP contribution in [0.3, 0.4) is 0 Å². The Hall–Kier alpha value is -3.71. The number of aromatic carboxylic acids is 1. The largest absolute Gasteiger partial charge is 0.573 e. The Morgan fingerprint density at radius 1 is 1.24 bits per heavy atom. The van der Waals surface area contributed by atoms with E-state index >= 15 is 0 Å². The smallest absolute Gasteiger partial charge is 0.478 e. The summed E-state index contributed by atoms with van der Waals surface area (Å²) in [6.07, 6.45) is -1.54. The van der Waals surface area contributed by atoms with Gasteiger partial charge in [0.15, 0.2) is 10.9 Å². The third-order valence-electron chi connectivity index (χ3n) is 8.39. The lowest BCUT2D eigenvalue weighted by molar-refractivity contribution is -0.274. The monoisotopic (exact) mass is 603 g/mol. The van der Waals surface area contributed by atoms with Gasteiger partial charge in [0, 0.05) is 41.1 Å². The van der Waals surface area contributed by atoms with Crippen molar-refractivity contribution in [2.75, 3.05) is 11.4 Å². The molecule has 2 bridgehead atoms. The number of piperidine rings is 1. The number of nitrogens with zero attached hydrogens (tertiary/aromatic N) is 3. The van der Waals surface area contributed by atoms with Crippen LogP contribution >= 0.6 is 11.3 Å². The molecule has 7 rings (SSSR count). The van der Waals surface area contributed by atoms with Crippen molar-refractivity contribution in [1.82, 2.24) is 10.1 Å². The van der Waals surface area contributed by atoms with Crippen molar-refractivity contribution < 1.29 is 41.5 Å². The summed E-state index contributed by atoms with van der Waals surface area (Å²) in [4.78, 5) is 18.2. The van der Waals surface area contributed by atoms with E-state index in [4.69, 9.17) is 9.26 Å². The number of hydrogen-bond acceptors (Lipinski definition) is 8. The third kappa shape index (κ3) is 4.77. The van der Waals surface area contributed by atoms with Gasteiger partial charge in [-0.05, 0) is 50.8 Å². The molecule has 220 valence electrons. The minimum Gasteiger partial charge on any atom is -0.478 e. The van der Waals surface area contributed by atoms with Gasteiger partial charge >= 0.3 is 12.3 Å². The van der Waals surface area contributed by atoms with E-state index in [2.05, 4.69) is 19.8 Å². The van der Waals surface area contributed by atoms with Gasteiger partial charge < -0.3 is 24.0 Å². The van der Waals surface area contributed by atoms with Gasteiger partial charge in [0.05, 0.1) is 23.0 Å². The van der Waals surface area contributed by atoms with Gasteiger partial charge in [-0.3, -0.25) is 0 Å². The number of para-hydroxylation sites is 1. The van der Waals surface area contributed by atoms with Gasteiger partial charge in [0.25, 0.3) is 0 Å². The first kappa shape index (κ1) is 27.1. The fourth-order valence-electron chi connectivity index (χ4n) is 6.21. The fourth-order valence-corrected chi connectivity index (χ4v) is 7.29. The van der Waals surface area contributed by atoms with Crippen LogP contribution in [-0.4, -0.2) is 46.3 Å². The minimum atomic E-state index is -4.85. The zero-order valence-corrected chi connectivity index (χ0v) is 23.1. The van der Waals surface area contributed by atoms with Crippen LogP contribution in [0, 0.1) is 18.7 Å². The number of ether oxygens (including phenoxy) is 2. The van der Waals surface area contributed by atoms with Crippen LogP contribution in [0.1, 0.15) is 58.8 Å². The maximum Gasteiger partial charge on any atom is 0.573 e. The first-order valence-electron chi connectivity index (χ1n) is 13.6. The predicted octanol–water partition coefficient (Wildman–Crippen LogP) is 7.06. The van der Waals surface area contributed by atoms with Gasteiger partial charge in [0.1, 0.15) is 22.7 Å². The molecular weight excluding hydrogens is 578 g/mol. The number of thiazole rings is 1. The van der Waals surface area contributed by atoms with E-state index in [1.165, 1.54) is 42.5 Å². The molecule has 2 aromatic heterocycles. The maximum atomic E-state index is 14.9. The number of fused-ring (bicyclic) bond motifs is 3.